The van der Waals surface area contributed by atoms with Gasteiger partial charge >= 0.3 is 0 Å². The van der Waals surface area contributed by atoms with E-state index in [2.05, 4.69) is 13.2 Å². The van der Waals surface area contributed by atoms with Crippen LogP contribution in [-0.4, -0.2) is 0 Å². The molecule has 0 aromatic carbocycles. The van der Waals surface area contributed by atoms with Crippen molar-refractivity contribution in [2.45, 2.75) is 0 Å². The second-order valence-electron chi connectivity index (χ2n) is 0.856. The van der Waals surface area contributed by atoms with Gasteiger partial charge in [0, 0.05) is 0 Å². The molecule has 0 spiro atoms. The largest absolute Gasteiger partial charge is 0.0991 e. The number of allylic oxidation sites excluding steroid dienone is 4. The fourth-order valence-corrected chi connectivity index (χ4v) is 0.157. The highest BCUT2D eigenvalue weighted by Gasteiger charge is 1.47. The zero-order valence-electron chi connectivity index (χ0n) is 3.72. The van der Waals surface area contributed by atoms with E-state index in [0.717, 1.165) is 0 Å². The molecular weight excluding hydrogens is 72.1 g/mol. The average Bonchev–Trinajstić information content (AvgIpc) is 1.61. The molecule has 0 heteroatoms. The maximum Gasteiger partial charge on any atom is -0.0629 e. The zero-order chi connectivity index (χ0) is 4.83. The van der Waals surface area contributed by atoms with Crippen molar-refractivity contribution in [1.82, 2.24) is 0 Å². The Morgan fingerprint density at radius 1 is 0.833 bits per heavy atom. The van der Waals surface area contributed by atoms with E-state index in [1.807, 2.05) is 12.2 Å². The first-order valence-electron chi connectivity index (χ1n) is 1.82. The van der Waals surface area contributed by atoms with E-state index >= 15 is 0 Å². The molecule has 0 atom stereocenters. The lowest BCUT2D eigenvalue weighted by atomic mass is 10.5. The lowest BCUT2D eigenvalue weighted by Gasteiger charge is -1.60. The van der Waals surface area contributed by atoms with Gasteiger partial charge in [-0.3, -0.25) is 0 Å². The van der Waals surface area contributed by atoms with Gasteiger partial charge in [-0.05, 0) is 0 Å². The Morgan fingerprint density at radius 3 is 1.33 bits per heavy atom. The van der Waals surface area contributed by atoms with Gasteiger partial charge in [-0.1, -0.05) is 37.5 Å². The second kappa shape index (κ2) is 4.22. The molecule has 0 rings (SSSR count). The van der Waals surface area contributed by atoms with Crippen LogP contribution in [0.4, 0.5) is 0 Å². The lowest BCUT2D eigenvalue weighted by Crippen LogP contribution is -1.38. The smallest absolute Gasteiger partial charge is 0.0629 e. The van der Waals surface area contributed by atoms with Crippen LogP contribution < -0.4 is 0 Å². The summed E-state index contributed by atoms with van der Waals surface area (Å²) in [5.41, 5.74) is 0. The van der Waals surface area contributed by atoms with Crippen molar-refractivity contribution in [3.63, 3.8) is 0 Å². The molecule has 0 amide bonds. The first kappa shape index (κ1) is 5.22. The van der Waals surface area contributed by atoms with Crippen molar-refractivity contribution in [2.24, 2.45) is 0 Å². The predicted octanol–water partition coefficient (Wildman–Crippen LogP) is 1.91. The average molecular weight is 80.1 g/mol. The summed E-state index contributed by atoms with van der Waals surface area (Å²) in [4.78, 5) is 0. The summed E-state index contributed by atoms with van der Waals surface area (Å²) in [7, 11) is 0. The van der Waals surface area contributed by atoms with E-state index in [4.69, 9.17) is 0 Å². The van der Waals surface area contributed by atoms with E-state index in [0.29, 0.717) is 0 Å². The van der Waals surface area contributed by atoms with Gasteiger partial charge in [0.1, 0.15) is 0 Å². The Balaban J connectivity index is 3.17. The molecule has 0 aromatic heterocycles. The highest BCUT2D eigenvalue weighted by atomic mass is 13.5. The third-order valence-corrected chi connectivity index (χ3v) is 0.383. The van der Waals surface area contributed by atoms with Crippen LogP contribution in [0.5, 0.6) is 0 Å². The highest BCUT2D eigenvalue weighted by molar-refractivity contribution is 5.05. The third kappa shape index (κ3) is 3.22. The number of hydrogen-bond acceptors (Lipinski definition) is 0. The molecule has 6 heavy (non-hydrogen) atoms. The molecule has 0 fully saturated rings. The lowest BCUT2D eigenvalue weighted by molar-refractivity contribution is 1.98. The van der Waals surface area contributed by atoms with E-state index in [-0.39, 0.29) is 0 Å². The van der Waals surface area contributed by atoms with Crippen LogP contribution in [0.25, 0.3) is 0 Å². The quantitative estimate of drug-likeness (QED) is 0.444. The van der Waals surface area contributed by atoms with Crippen molar-refractivity contribution in [3.8, 4) is 0 Å². The van der Waals surface area contributed by atoms with Gasteiger partial charge in [0.2, 0.25) is 0 Å². The maximum absolute atomic E-state index is 3.46. The van der Waals surface area contributed by atoms with Crippen LogP contribution in [0.15, 0.2) is 37.5 Å². The van der Waals surface area contributed by atoms with Gasteiger partial charge in [-0.15, -0.1) is 0 Å². The molecule has 0 aromatic rings. The summed E-state index contributed by atoms with van der Waals surface area (Å²) in [6.07, 6.45) is 7.07. The fourth-order valence-electron chi connectivity index (χ4n) is 0.157. The minimum Gasteiger partial charge on any atom is -0.0991 e. The summed E-state index contributed by atoms with van der Waals surface area (Å²) >= 11 is 0. The van der Waals surface area contributed by atoms with Crippen LogP contribution in [0, 0.1) is 0 Å². The molecule has 0 unspecified atom stereocenters. The molecule has 0 radical (unpaired) electrons. The van der Waals surface area contributed by atoms with E-state index in [1.165, 1.54) is 0 Å². The topological polar surface area (TPSA) is 0 Å². The van der Waals surface area contributed by atoms with Crippen molar-refractivity contribution in [2.75, 3.05) is 0 Å². The monoisotopic (exact) mass is 80.1 g/mol. The van der Waals surface area contributed by atoms with E-state index < -0.39 is 0 Å². The Hall–Kier alpha value is -0.780. The molecule has 0 bridgehead atoms. The van der Waals surface area contributed by atoms with Crippen LogP contribution in [0.1, 0.15) is 0 Å². The summed E-state index contributed by atoms with van der Waals surface area (Å²) < 4.78 is 0. The number of rotatable bonds is 2. The Morgan fingerprint density at radius 2 is 1.17 bits per heavy atom. The van der Waals surface area contributed by atoms with Gasteiger partial charge < -0.3 is 0 Å². The first-order valence-corrected chi connectivity index (χ1v) is 1.82. The van der Waals surface area contributed by atoms with Gasteiger partial charge in [0.25, 0.3) is 0 Å². The van der Waals surface area contributed by atoms with Crippen LogP contribution in [0.3, 0.4) is 0 Å². The van der Waals surface area contributed by atoms with Crippen molar-refractivity contribution < 1.29 is 0 Å². The second-order valence-corrected chi connectivity index (χ2v) is 0.856. The molecule has 0 aliphatic carbocycles. The van der Waals surface area contributed by atoms with Crippen LogP contribution in [-0.2, 0) is 0 Å². The van der Waals surface area contributed by atoms with E-state index in [9.17, 15) is 0 Å². The summed E-state index contributed by atoms with van der Waals surface area (Å²) in [5, 5.41) is 0. The van der Waals surface area contributed by atoms with E-state index in [1.54, 1.807) is 12.2 Å². The van der Waals surface area contributed by atoms with Crippen molar-refractivity contribution >= 4 is 0 Å². The normalized spacial score (nSPS) is 8.67. The SMILES string of the molecule is C=C/C=C\C=C. The van der Waals surface area contributed by atoms with Gasteiger partial charge in [-0.2, -0.15) is 0 Å². The Labute approximate surface area is 38.5 Å². The van der Waals surface area contributed by atoms with Crippen molar-refractivity contribution in [3.05, 3.63) is 37.5 Å². The first-order chi connectivity index (χ1) is 2.91. The minimum atomic E-state index is 1.71. The van der Waals surface area contributed by atoms with Gasteiger partial charge in [0.05, 0.1) is 0 Å². The summed E-state index contributed by atoms with van der Waals surface area (Å²) in [5.74, 6) is 0. The van der Waals surface area contributed by atoms with Crippen LogP contribution in [0.2, 0.25) is 0 Å². The molecule has 0 saturated carbocycles. The Bertz CT molecular complexity index is 58.1. The highest BCUT2D eigenvalue weighted by Crippen LogP contribution is 1.69. The molecule has 0 saturated heterocycles. The van der Waals surface area contributed by atoms with Gasteiger partial charge in [-0.25, -0.2) is 0 Å². The number of hydrogen-bond donors (Lipinski definition) is 0. The molecule has 32 valence electrons. The zero-order valence-corrected chi connectivity index (χ0v) is 3.72. The van der Waals surface area contributed by atoms with Crippen molar-refractivity contribution in [1.29, 1.82) is 0 Å². The standard InChI is InChI=1S/C6H8/c1-3-5-6-4-2/h3-6H,1-2H2/b6-5-. The minimum absolute atomic E-state index is 1.71. The third-order valence-electron chi connectivity index (χ3n) is 0.383. The van der Waals surface area contributed by atoms with Gasteiger partial charge in [0.15, 0.2) is 0 Å². The fraction of sp³-hybridized carbons (Fsp3) is 0. The van der Waals surface area contributed by atoms with Crippen LogP contribution >= 0.6 is 0 Å². The molecule has 0 aliphatic rings. The summed E-state index contributed by atoms with van der Waals surface area (Å²) in [6.45, 7) is 6.93. The molecule has 0 heterocycles. The molecule has 0 aliphatic heterocycles. The molecular formula is C6H8. The maximum atomic E-state index is 3.46. The molecule has 0 N–H and O–H groups in total. The summed E-state index contributed by atoms with van der Waals surface area (Å²) in [6, 6.07) is 0. The predicted molar refractivity (Wildman–Crippen MR) is 29.5 cm³/mol. The Kier molecular flexibility index (Phi) is 3.67. The molecule has 0 nitrogen and oxygen atoms in total.